The molecule has 0 rings (SSSR count). The van der Waals surface area contributed by atoms with Crippen LogP contribution < -0.4 is 0 Å². The molecule has 0 saturated heterocycles. The molecule has 0 radical (unpaired) electrons. The van der Waals surface area contributed by atoms with Crippen LogP contribution in [0, 0.1) is 0 Å². The van der Waals surface area contributed by atoms with Gasteiger partial charge in [0, 0.05) is 0 Å². The molecule has 4 heavy (non-hydrogen) atoms. The van der Waals surface area contributed by atoms with Gasteiger partial charge in [-0.15, -0.1) is 0 Å². The molecule has 0 N–H and O–H groups in total. The van der Waals surface area contributed by atoms with Crippen molar-refractivity contribution in [2.24, 2.45) is 0 Å². The van der Waals surface area contributed by atoms with Gasteiger partial charge in [0.15, 0.2) is 0 Å². The summed E-state index contributed by atoms with van der Waals surface area (Å²) in [7, 11) is 0. The average molecular weight is 185 g/mol. The van der Waals surface area contributed by atoms with Crippen molar-refractivity contribution in [2.45, 2.75) is 0 Å². The molecule has 28 valence electrons. The third-order valence-electron chi connectivity index (χ3n) is 0. The van der Waals surface area contributed by atoms with E-state index in [0.29, 0.717) is 0 Å². The van der Waals surface area contributed by atoms with Crippen LogP contribution in [0.3, 0.4) is 0 Å². The number of hydrogen-bond acceptors (Lipinski definition) is 2. The molecule has 0 aromatic carbocycles. The van der Waals surface area contributed by atoms with Crippen LogP contribution >= 0.6 is 12.2 Å². The van der Waals surface area contributed by atoms with Gasteiger partial charge in [0.2, 0.25) is 0 Å². The maximum atomic E-state index is 4.08. The van der Waals surface area contributed by atoms with Gasteiger partial charge in [0.05, 0.1) is 0 Å². The Kier molecular flexibility index (Phi) is 20.0. The van der Waals surface area contributed by atoms with Crippen LogP contribution in [0.25, 0.3) is 0 Å². The molecular formula is CHAgS2. The summed E-state index contributed by atoms with van der Waals surface area (Å²) in [5.41, 5.74) is 0. The Morgan fingerprint density at radius 2 is 1.75 bits per heavy atom. The van der Waals surface area contributed by atoms with Gasteiger partial charge in [0.25, 0.3) is 0 Å². The Balaban J connectivity index is 0. The van der Waals surface area contributed by atoms with Crippen molar-refractivity contribution in [3.63, 3.8) is 0 Å². The molecule has 0 saturated carbocycles. The SMILES string of the molecule is S=C[S-].[Ag+]. The van der Waals surface area contributed by atoms with E-state index in [-0.39, 0.29) is 22.4 Å². The van der Waals surface area contributed by atoms with Gasteiger partial charge >= 0.3 is 22.4 Å². The van der Waals surface area contributed by atoms with Crippen LogP contribution in [0.4, 0.5) is 0 Å². The van der Waals surface area contributed by atoms with Crippen molar-refractivity contribution in [1.82, 2.24) is 0 Å². The first-order valence-corrected chi connectivity index (χ1v) is 1.41. The van der Waals surface area contributed by atoms with Crippen LogP contribution in [0.5, 0.6) is 0 Å². The van der Waals surface area contributed by atoms with Gasteiger partial charge in [-0.1, -0.05) is 0 Å². The summed E-state index contributed by atoms with van der Waals surface area (Å²) >= 11 is 8.17. The van der Waals surface area contributed by atoms with Gasteiger partial charge in [-0.25, -0.2) is 0 Å². The first-order valence-electron chi connectivity index (χ1n) is 0.471. The van der Waals surface area contributed by atoms with E-state index in [0.717, 1.165) is 0 Å². The van der Waals surface area contributed by atoms with Crippen LogP contribution in [0.2, 0.25) is 0 Å². The first-order chi connectivity index (χ1) is 1.41. The maximum Gasteiger partial charge on any atom is 1.00 e. The quantitative estimate of drug-likeness (QED) is 0.306. The largest absolute Gasteiger partial charge is 1.00 e. The van der Waals surface area contributed by atoms with Gasteiger partial charge in [-0.2, -0.15) is 4.70 Å². The molecule has 0 spiro atoms. The summed E-state index contributed by atoms with van der Waals surface area (Å²) in [6.07, 6.45) is 0. The first kappa shape index (κ1) is 8.90. The standard InChI is InChI=1S/CH2S2.Ag/c2-1-3;/h1H,(H,2,3);/q;+1/p-1. The van der Waals surface area contributed by atoms with E-state index in [2.05, 4.69) is 24.8 Å². The number of hydrogen-bond donors (Lipinski definition) is 0. The molecular weight excluding hydrogens is 184 g/mol. The number of thiocarbonyl (C=S) groups is 1. The molecule has 0 nitrogen and oxygen atoms in total. The summed E-state index contributed by atoms with van der Waals surface area (Å²) in [6.45, 7) is 0. The van der Waals surface area contributed by atoms with Crippen LogP contribution in [-0.2, 0) is 35.0 Å². The van der Waals surface area contributed by atoms with Gasteiger partial charge in [0.1, 0.15) is 0 Å². The molecule has 0 atom stereocenters. The smallest absolute Gasteiger partial charge is 0.436 e. The predicted molar refractivity (Wildman–Crippen MR) is 21.0 cm³/mol. The van der Waals surface area contributed by atoms with E-state index in [9.17, 15) is 0 Å². The normalized spacial score (nSPS) is 3.00. The molecule has 0 aliphatic rings. The fourth-order valence-corrected chi connectivity index (χ4v) is 0. The Morgan fingerprint density at radius 3 is 1.75 bits per heavy atom. The molecule has 0 aromatic heterocycles. The van der Waals surface area contributed by atoms with E-state index in [1.807, 2.05) is 0 Å². The van der Waals surface area contributed by atoms with Crippen molar-refractivity contribution in [2.75, 3.05) is 0 Å². The molecule has 0 heterocycles. The summed E-state index contributed by atoms with van der Waals surface area (Å²) in [6, 6.07) is 0. The summed E-state index contributed by atoms with van der Waals surface area (Å²) < 4.78 is 1.17. The third-order valence-corrected chi connectivity index (χ3v) is 0. The number of rotatable bonds is 0. The maximum absolute atomic E-state index is 4.08. The fourth-order valence-electron chi connectivity index (χ4n) is 0. The van der Waals surface area contributed by atoms with Crippen LogP contribution in [0.1, 0.15) is 0 Å². The van der Waals surface area contributed by atoms with Crippen LogP contribution in [0.15, 0.2) is 0 Å². The minimum absolute atomic E-state index is 0. The fraction of sp³-hybridized carbons (Fsp3) is 0. The van der Waals surface area contributed by atoms with E-state index in [4.69, 9.17) is 0 Å². The van der Waals surface area contributed by atoms with E-state index >= 15 is 0 Å². The second-order valence-electron chi connectivity index (χ2n) is 0.0962. The van der Waals surface area contributed by atoms with E-state index < -0.39 is 0 Å². The van der Waals surface area contributed by atoms with Crippen molar-refractivity contribution in [3.05, 3.63) is 0 Å². The zero-order valence-corrected chi connectivity index (χ0v) is 4.81. The average Bonchev–Trinajstić information content (AvgIpc) is 0.918. The molecule has 0 aliphatic heterocycles. The Bertz CT molecular complexity index is 13.5. The zero-order valence-electron chi connectivity index (χ0n) is 1.70. The van der Waals surface area contributed by atoms with Crippen molar-refractivity contribution in [1.29, 1.82) is 0 Å². The summed E-state index contributed by atoms with van der Waals surface area (Å²) in [5, 5.41) is 0. The summed E-state index contributed by atoms with van der Waals surface area (Å²) in [4.78, 5) is 0. The molecule has 0 aliphatic carbocycles. The van der Waals surface area contributed by atoms with Crippen molar-refractivity contribution >= 4 is 29.5 Å². The molecule has 0 unspecified atom stereocenters. The monoisotopic (exact) mass is 184 g/mol. The molecule has 3 heteroatoms. The zero-order chi connectivity index (χ0) is 2.71. The third kappa shape index (κ3) is 11.6. The van der Waals surface area contributed by atoms with E-state index in [1.54, 1.807) is 0 Å². The second-order valence-corrected chi connectivity index (χ2v) is 0.866. The van der Waals surface area contributed by atoms with Gasteiger partial charge < -0.3 is 24.8 Å². The van der Waals surface area contributed by atoms with E-state index in [1.165, 1.54) is 4.70 Å². The molecule has 0 bridgehead atoms. The van der Waals surface area contributed by atoms with Gasteiger partial charge in [-0.3, -0.25) is 0 Å². The Morgan fingerprint density at radius 1 is 1.75 bits per heavy atom. The van der Waals surface area contributed by atoms with Gasteiger partial charge in [-0.05, 0) is 0 Å². The predicted octanol–water partition coefficient (Wildman–Crippen LogP) is 0.488. The van der Waals surface area contributed by atoms with Crippen LogP contribution in [-0.4, -0.2) is 4.70 Å². The second kappa shape index (κ2) is 8.96. The summed E-state index contributed by atoms with van der Waals surface area (Å²) in [5.74, 6) is 0. The minimum Gasteiger partial charge on any atom is -0.436 e. The minimum atomic E-state index is 0. The molecule has 0 amide bonds. The van der Waals surface area contributed by atoms with Crippen molar-refractivity contribution < 1.29 is 22.4 Å². The molecule has 0 fully saturated rings. The van der Waals surface area contributed by atoms with Crippen molar-refractivity contribution in [3.8, 4) is 0 Å². The Labute approximate surface area is 51.9 Å². The topological polar surface area (TPSA) is 0 Å². The Hall–Kier alpha value is 1.05. The molecule has 0 aromatic rings.